The Labute approximate surface area is 292 Å². The zero-order valence-electron chi connectivity index (χ0n) is 27.8. The SMILES string of the molecule is C/C1=C\C=C(\Nc2ccc(-c3cccc4ccccc34)cc2)CN(c2ccc(N3c4ccccc4Oc4ccccc43)cc2)c2ccccc21. The van der Waals surface area contributed by atoms with Crippen molar-refractivity contribution in [1.82, 2.24) is 0 Å². The quantitative estimate of drug-likeness (QED) is 0.202. The van der Waals surface area contributed by atoms with E-state index < -0.39 is 0 Å². The first-order chi connectivity index (χ1) is 24.7. The number of benzene rings is 7. The molecule has 4 nitrogen and oxygen atoms in total. The topological polar surface area (TPSA) is 27.7 Å². The second kappa shape index (κ2) is 12.5. The molecule has 7 aromatic rings. The minimum atomic E-state index is 0.675. The van der Waals surface area contributed by atoms with Crippen molar-refractivity contribution in [1.29, 1.82) is 0 Å². The van der Waals surface area contributed by atoms with Gasteiger partial charge in [0.05, 0.1) is 17.9 Å². The van der Waals surface area contributed by atoms with Crippen molar-refractivity contribution >= 4 is 50.5 Å². The summed E-state index contributed by atoms with van der Waals surface area (Å²) in [6.45, 7) is 2.86. The summed E-state index contributed by atoms with van der Waals surface area (Å²) in [6.07, 6.45) is 4.44. The summed E-state index contributed by atoms with van der Waals surface area (Å²) < 4.78 is 6.26. The molecule has 7 aromatic carbocycles. The van der Waals surface area contributed by atoms with Crippen LogP contribution in [0.2, 0.25) is 0 Å². The first kappa shape index (κ1) is 29.6. The molecular formula is C46H35N3O. The molecular weight excluding hydrogens is 611 g/mol. The number of nitrogens with zero attached hydrogens (tertiary/aromatic N) is 2. The molecule has 0 atom stereocenters. The molecule has 0 radical (unpaired) electrons. The van der Waals surface area contributed by atoms with E-state index in [2.05, 4.69) is 174 Å². The van der Waals surface area contributed by atoms with E-state index in [1.165, 1.54) is 38.7 Å². The van der Waals surface area contributed by atoms with Crippen molar-refractivity contribution < 1.29 is 4.74 Å². The molecule has 0 fully saturated rings. The molecule has 0 bridgehead atoms. The molecule has 240 valence electrons. The van der Waals surface area contributed by atoms with E-state index in [9.17, 15) is 0 Å². The summed E-state index contributed by atoms with van der Waals surface area (Å²) in [7, 11) is 0. The monoisotopic (exact) mass is 645 g/mol. The van der Waals surface area contributed by atoms with Gasteiger partial charge in [0.15, 0.2) is 11.5 Å². The van der Waals surface area contributed by atoms with Crippen molar-refractivity contribution in [3.05, 3.63) is 187 Å². The molecule has 0 aliphatic carbocycles. The summed E-state index contributed by atoms with van der Waals surface area (Å²) in [5.41, 5.74) is 12.5. The third kappa shape index (κ3) is 5.37. The highest BCUT2D eigenvalue weighted by atomic mass is 16.5. The van der Waals surface area contributed by atoms with E-state index in [4.69, 9.17) is 4.74 Å². The van der Waals surface area contributed by atoms with Gasteiger partial charge < -0.3 is 19.9 Å². The van der Waals surface area contributed by atoms with Gasteiger partial charge in [-0.2, -0.15) is 0 Å². The van der Waals surface area contributed by atoms with Gasteiger partial charge in [0.1, 0.15) is 0 Å². The number of hydrogen-bond donors (Lipinski definition) is 1. The van der Waals surface area contributed by atoms with Gasteiger partial charge in [0, 0.05) is 34.0 Å². The molecule has 0 amide bonds. The summed E-state index contributed by atoms with van der Waals surface area (Å²) in [6, 6.07) is 57.8. The van der Waals surface area contributed by atoms with E-state index in [-0.39, 0.29) is 0 Å². The highest BCUT2D eigenvalue weighted by Crippen LogP contribution is 2.50. The number of para-hydroxylation sites is 5. The Balaban J connectivity index is 1.04. The highest BCUT2D eigenvalue weighted by molar-refractivity contribution is 5.97. The maximum Gasteiger partial charge on any atom is 0.151 e. The van der Waals surface area contributed by atoms with Crippen LogP contribution in [0.5, 0.6) is 11.5 Å². The maximum atomic E-state index is 6.26. The standard InChI is InChI=1S/C46H35N3O/c1-32-21-24-36(47-35-25-22-34(23-26-35)41-15-10-12-33-11-2-3-14-40(33)41)31-48(42-16-5-4-13-39(32)42)37-27-29-38(30-28-37)49-43-17-6-8-19-45(43)50-46-20-9-7-18-44(46)49/h2-30,47H,31H2,1H3/b32-21+,36-24+. The van der Waals surface area contributed by atoms with Crippen LogP contribution in [0.1, 0.15) is 12.5 Å². The molecule has 0 saturated heterocycles. The first-order valence-corrected chi connectivity index (χ1v) is 17.1. The third-order valence-electron chi connectivity index (χ3n) is 9.62. The van der Waals surface area contributed by atoms with Crippen molar-refractivity contribution in [2.45, 2.75) is 6.92 Å². The number of fused-ring (bicyclic) bond motifs is 4. The lowest BCUT2D eigenvalue weighted by atomic mass is 9.98. The van der Waals surface area contributed by atoms with Crippen LogP contribution in [-0.2, 0) is 0 Å². The normalized spacial score (nSPS) is 15.6. The summed E-state index contributed by atoms with van der Waals surface area (Å²) >= 11 is 0. The summed E-state index contributed by atoms with van der Waals surface area (Å²) in [4.78, 5) is 4.68. The second-order valence-corrected chi connectivity index (χ2v) is 12.8. The number of allylic oxidation sites excluding steroid dienone is 3. The van der Waals surface area contributed by atoms with Crippen molar-refractivity contribution in [3.8, 4) is 22.6 Å². The van der Waals surface area contributed by atoms with Gasteiger partial charge in [-0.15, -0.1) is 0 Å². The fourth-order valence-corrected chi connectivity index (χ4v) is 7.14. The van der Waals surface area contributed by atoms with E-state index in [1.54, 1.807) is 0 Å². The summed E-state index contributed by atoms with van der Waals surface area (Å²) in [5, 5.41) is 6.27. The lowest BCUT2D eigenvalue weighted by Crippen LogP contribution is -2.25. The van der Waals surface area contributed by atoms with Crippen LogP contribution in [0, 0.1) is 0 Å². The predicted octanol–water partition coefficient (Wildman–Crippen LogP) is 12.6. The predicted molar refractivity (Wildman–Crippen MR) is 209 cm³/mol. The molecule has 4 heteroatoms. The van der Waals surface area contributed by atoms with Gasteiger partial charge in [-0.05, 0) is 107 Å². The molecule has 0 saturated carbocycles. The number of anilines is 6. The van der Waals surface area contributed by atoms with Crippen molar-refractivity contribution in [2.24, 2.45) is 0 Å². The molecule has 50 heavy (non-hydrogen) atoms. The van der Waals surface area contributed by atoms with Crippen LogP contribution < -0.4 is 19.9 Å². The molecule has 2 aliphatic heterocycles. The van der Waals surface area contributed by atoms with E-state index in [0.29, 0.717) is 6.54 Å². The Kier molecular flexibility index (Phi) is 7.40. The van der Waals surface area contributed by atoms with Crippen LogP contribution in [-0.4, -0.2) is 6.54 Å². The summed E-state index contributed by atoms with van der Waals surface area (Å²) in [5.74, 6) is 1.70. The van der Waals surface area contributed by atoms with Crippen LogP contribution in [0.25, 0.3) is 27.5 Å². The fourth-order valence-electron chi connectivity index (χ4n) is 7.14. The van der Waals surface area contributed by atoms with Gasteiger partial charge in [-0.3, -0.25) is 0 Å². The van der Waals surface area contributed by atoms with E-state index in [0.717, 1.165) is 45.6 Å². The number of nitrogens with one attached hydrogen (secondary N) is 1. The zero-order chi connectivity index (χ0) is 33.4. The average Bonchev–Trinajstić information content (AvgIpc) is 3.17. The smallest absolute Gasteiger partial charge is 0.151 e. The van der Waals surface area contributed by atoms with Crippen LogP contribution in [0.15, 0.2) is 182 Å². The Hall–Kier alpha value is -6.52. The van der Waals surface area contributed by atoms with Crippen LogP contribution >= 0.6 is 0 Å². The largest absolute Gasteiger partial charge is 0.453 e. The first-order valence-electron chi connectivity index (χ1n) is 17.1. The Bertz CT molecular complexity index is 2370. The fraction of sp³-hybridized carbons (Fsp3) is 0.0435. The molecule has 9 rings (SSSR count). The van der Waals surface area contributed by atoms with Gasteiger partial charge in [-0.25, -0.2) is 0 Å². The Morgan fingerprint density at radius 3 is 1.88 bits per heavy atom. The molecule has 2 heterocycles. The maximum absolute atomic E-state index is 6.26. The Morgan fingerprint density at radius 1 is 0.520 bits per heavy atom. The molecule has 1 N–H and O–H groups in total. The minimum Gasteiger partial charge on any atom is -0.453 e. The van der Waals surface area contributed by atoms with Crippen molar-refractivity contribution in [2.75, 3.05) is 21.7 Å². The van der Waals surface area contributed by atoms with E-state index in [1.807, 2.05) is 24.3 Å². The number of hydrogen-bond acceptors (Lipinski definition) is 4. The average molecular weight is 646 g/mol. The number of ether oxygens (including phenoxy) is 1. The molecule has 0 unspecified atom stereocenters. The van der Waals surface area contributed by atoms with Gasteiger partial charge in [0.25, 0.3) is 0 Å². The highest BCUT2D eigenvalue weighted by Gasteiger charge is 2.26. The minimum absolute atomic E-state index is 0.675. The van der Waals surface area contributed by atoms with E-state index >= 15 is 0 Å². The van der Waals surface area contributed by atoms with Crippen molar-refractivity contribution in [3.63, 3.8) is 0 Å². The second-order valence-electron chi connectivity index (χ2n) is 12.8. The lowest BCUT2D eigenvalue weighted by molar-refractivity contribution is 0.477. The van der Waals surface area contributed by atoms with Crippen LogP contribution in [0.4, 0.5) is 34.1 Å². The number of rotatable bonds is 5. The molecule has 2 aliphatic rings. The molecule has 0 spiro atoms. The van der Waals surface area contributed by atoms with Crippen LogP contribution in [0.3, 0.4) is 0 Å². The van der Waals surface area contributed by atoms with Gasteiger partial charge in [-0.1, -0.05) is 103 Å². The third-order valence-corrected chi connectivity index (χ3v) is 9.62. The molecule has 0 aromatic heterocycles. The van der Waals surface area contributed by atoms with Gasteiger partial charge >= 0.3 is 0 Å². The Morgan fingerprint density at radius 2 is 1.12 bits per heavy atom. The van der Waals surface area contributed by atoms with Gasteiger partial charge in [0.2, 0.25) is 0 Å². The lowest BCUT2D eigenvalue weighted by Gasteiger charge is -2.33. The zero-order valence-corrected chi connectivity index (χ0v) is 27.8.